The van der Waals surface area contributed by atoms with Crippen LogP contribution in [0.2, 0.25) is 0 Å². The molecular weight excluding hydrogens is 495 g/mol. The van der Waals surface area contributed by atoms with Crippen LogP contribution in [0.5, 0.6) is 0 Å². The number of hydrogen-bond acceptors (Lipinski definition) is 0. The summed E-state index contributed by atoms with van der Waals surface area (Å²) in [7, 11) is 0. The molecule has 25 heavy (non-hydrogen) atoms. The van der Waals surface area contributed by atoms with Crippen LogP contribution in [0, 0.1) is 37.6 Å². The number of hydrogen-bond donors (Lipinski definition) is 0. The maximum atomic E-state index is 3.55. The maximum absolute atomic E-state index is 3.55. The van der Waals surface area contributed by atoms with Crippen molar-refractivity contribution in [3.05, 3.63) is 0 Å². The van der Waals surface area contributed by atoms with Gasteiger partial charge in [0, 0.05) is 0 Å². The second-order valence-electron chi connectivity index (χ2n) is 6.37. The molecule has 0 bridgehead atoms. The Balaban J connectivity index is 5.52. The zero-order valence-electron chi connectivity index (χ0n) is 17.0. The fourth-order valence-electron chi connectivity index (χ4n) is 2.03. The summed E-state index contributed by atoms with van der Waals surface area (Å²) < 4.78 is 14.2. The first kappa shape index (κ1) is 24.2. The molecule has 0 aliphatic carbocycles. The van der Waals surface area contributed by atoms with Crippen LogP contribution in [0.3, 0.4) is 0 Å². The Morgan fingerprint density at radius 3 is 0.880 bits per heavy atom. The molecule has 0 aromatic heterocycles. The van der Waals surface area contributed by atoms with Gasteiger partial charge in [-0.25, -0.2) is 0 Å². The van der Waals surface area contributed by atoms with E-state index in [1.54, 1.807) is 0 Å². The first-order valence-electron chi connectivity index (χ1n) is 10.2. The third-order valence-electron chi connectivity index (χ3n) is 3.72. The number of rotatable bonds is 8. The van der Waals surface area contributed by atoms with Crippen LogP contribution in [-0.2, 0) is 0 Å². The van der Waals surface area contributed by atoms with Crippen LogP contribution in [-0.4, -0.2) is 21.2 Å². The Bertz CT molecular complexity index is 459. The SMILES string of the molecule is CCCCC#[C][Pb]([C]#CCCCC)([C]#CCCCC)[C]#CCCCC. The summed E-state index contributed by atoms with van der Waals surface area (Å²) >= 11 is -3.46. The summed E-state index contributed by atoms with van der Waals surface area (Å²) in [6.45, 7) is 8.83. The zero-order chi connectivity index (χ0) is 18.6. The van der Waals surface area contributed by atoms with E-state index in [2.05, 4.69) is 65.3 Å². The molecule has 0 aliphatic heterocycles. The predicted molar refractivity (Wildman–Crippen MR) is 115 cm³/mol. The van der Waals surface area contributed by atoms with E-state index in [9.17, 15) is 0 Å². The van der Waals surface area contributed by atoms with Crippen molar-refractivity contribution in [3.63, 3.8) is 0 Å². The molecule has 0 unspecified atom stereocenters. The van der Waals surface area contributed by atoms with Gasteiger partial charge < -0.3 is 0 Å². The summed E-state index contributed by atoms with van der Waals surface area (Å²) in [5, 5.41) is 0. The molecule has 0 aromatic rings. The third-order valence-corrected chi connectivity index (χ3v) is 12.3. The second-order valence-corrected chi connectivity index (χ2v) is 16.1. The molecule has 0 amide bonds. The van der Waals surface area contributed by atoms with Crippen LogP contribution in [0.15, 0.2) is 0 Å². The van der Waals surface area contributed by atoms with Gasteiger partial charge in [0.05, 0.1) is 0 Å². The van der Waals surface area contributed by atoms with Crippen molar-refractivity contribution in [2.75, 3.05) is 0 Å². The van der Waals surface area contributed by atoms with E-state index in [0.29, 0.717) is 0 Å². The van der Waals surface area contributed by atoms with Gasteiger partial charge in [0.2, 0.25) is 0 Å². The summed E-state index contributed by atoms with van der Waals surface area (Å²) in [4.78, 5) is 0. The average molecular weight is 532 g/mol. The van der Waals surface area contributed by atoms with E-state index < -0.39 is 21.2 Å². The van der Waals surface area contributed by atoms with Crippen molar-refractivity contribution in [1.82, 2.24) is 0 Å². The molecule has 0 atom stereocenters. The summed E-state index contributed by atoms with van der Waals surface area (Å²) in [6.07, 6.45) is 13.2. The Kier molecular flexibility index (Phi) is 17.4. The number of unbranched alkanes of at least 4 members (excludes halogenated alkanes) is 8. The molecule has 0 nitrogen and oxygen atoms in total. The normalized spacial score (nSPS) is 9.44. The molecule has 0 radical (unpaired) electrons. The van der Waals surface area contributed by atoms with Crippen molar-refractivity contribution < 1.29 is 0 Å². The monoisotopic (exact) mass is 532 g/mol. The topological polar surface area (TPSA) is 0 Å². The molecule has 0 fully saturated rings. The van der Waals surface area contributed by atoms with Crippen LogP contribution in [0.1, 0.15) is 105 Å². The van der Waals surface area contributed by atoms with Gasteiger partial charge in [-0.15, -0.1) is 0 Å². The van der Waals surface area contributed by atoms with Crippen LogP contribution < -0.4 is 0 Å². The zero-order valence-corrected chi connectivity index (χ0v) is 20.9. The quantitative estimate of drug-likeness (QED) is 0.194. The fraction of sp³-hybridized carbons (Fsp3) is 0.667. The van der Waals surface area contributed by atoms with Crippen LogP contribution in [0.4, 0.5) is 0 Å². The molecule has 0 aromatic carbocycles. The van der Waals surface area contributed by atoms with E-state index >= 15 is 0 Å². The molecule has 136 valence electrons. The predicted octanol–water partition coefficient (Wildman–Crippen LogP) is 6.37. The third kappa shape index (κ3) is 14.1. The Morgan fingerprint density at radius 2 is 0.680 bits per heavy atom. The van der Waals surface area contributed by atoms with Gasteiger partial charge >= 0.3 is 164 Å². The molecular formula is C24H36Pb. The Morgan fingerprint density at radius 1 is 0.440 bits per heavy atom. The van der Waals surface area contributed by atoms with Crippen molar-refractivity contribution in [3.8, 4) is 37.6 Å². The van der Waals surface area contributed by atoms with Gasteiger partial charge in [-0.05, 0) is 0 Å². The van der Waals surface area contributed by atoms with Crippen molar-refractivity contribution >= 4 is 21.2 Å². The van der Waals surface area contributed by atoms with Crippen molar-refractivity contribution in [2.45, 2.75) is 105 Å². The van der Waals surface area contributed by atoms with Gasteiger partial charge in [0.25, 0.3) is 0 Å². The molecule has 0 spiro atoms. The fourth-order valence-corrected chi connectivity index (χ4v) is 9.55. The van der Waals surface area contributed by atoms with Gasteiger partial charge in [-0.2, -0.15) is 0 Å². The second kappa shape index (κ2) is 18.0. The van der Waals surface area contributed by atoms with Gasteiger partial charge in [-0.1, -0.05) is 0 Å². The standard InChI is InChI=1S/4C6H9.Pb/c4*1-3-5-6-4-2;/h4*3,5-6H2,1H3;. The van der Waals surface area contributed by atoms with Gasteiger partial charge in [0.1, 0.15) is 0 Å². The Labute approximate surface area is 163 Å². The van der Waals surface area contributed by atoms with Gasteiger partial charge in [0.15, 0.2) is 0 Å². The average Bonchev–Trinajstić information content (AvgIpc) is 2.63. The van der Waals surface area contributed by atoms with Crippen LogP contribution in [0.25, 0.3) is 0 Å². The minimum absolute atomic E-state index is 0.960. The van der Waals surface area contributed by atoms with E-state index in [1.165, 1.54) is 25.7 Å². The van der Waals surface area contributed by atoms with E-state index in [-0.39, 0.29) is 0 Å². The molecule has 0 aliphatic rings. The molecule has 0 saturated carbocycles. The van der Waals surface area contributed by atoms with Crippen molar-refractivity contribution in [2.24, 2.45) is 0 Å². The van der Waals surface area contributed by atoms with Gasteiger partial charge in [-0.3, -0.25) is 0 Å². The first-order chi connectivity index (χ1) is 12.2. The molecule has 0 saturated heterocycles. The van der Waals surface area contributed by atoms with E-state index in [4.69, 9.17) is 0 Å². The summed E-state index contributed by atoms with van der Waals surface area (Å²) in [5.74, 6) is 13.6. The molecule has 0 heterocycles. The minimum atomic E-state index is -3.46. The summed E-state index contributed by atoms with van der Waals surface area (Å²) in [6, 6.07) is 0. The Hall–Kier alpha value is -0.838. The van der Waals surface area contributed by atoms with Crippen molar-refractivity contribution in [1.29, 1.82) is 0 Å². The molecule has 0 rings (SSSR count). The molecule has 1 heteroatoms. The first-order valence-corrected chi connectivity index (χ1v) is 18.0. The van der Waals surface area contributed by atoms with Crippen LogP contribution >= 0.6 is 0 Å². The summed E-state index contributed by atoms with van der Waals surface area (Å²) in [5.41, 5.74) is 0. The van der Waals surface area contributed by atoms with E-state index in [0.717, 1.165) is 51.4 Å². The van der Waals surface area contributed by atoms with E-state index in [1.807, 2.05) is 0 Å². The molecule has 0 N–H and O–H groups in total.